The molecule has 0 saturated carbocycles. The Morgan fingerprint density at radius 1 is 1.19 bits per heavy atom. The summed E-state index contributed by atoms with van der Waals surface area (Å²) in [4.78, 5) is 16.5. The number of urea groups is 1. The van der Waals surface area contributed by atoms with Gasteiger partial charge in [0.2, 0.25) is 0 Å². The number of benzene rings is 2. The smallest absolute Gasteiger partial charge is 0.315 e. The summed E-state index contributed by atoms with van der Waals surface area (Å²) in [5, 5.41) is 10.3. The molecule has 2 aromatic carbocycles. The standard InChI is InChI=1S/C21H23N5O/c1-15(16-9-11-18(12-10-16)26-14-22-13-23-26)24-21(27)25-20-8-4-6-17-5-2-3-7-19(17)20/h2-3,5,7,9-15,20H,4,6,8H2,1H3,(H2,24,25,27). The van der Waals surface area contributed by atoms with Crippen LogP contribution in [-0.4, -0.2) is 20.8 Å². The molecule has 0 aliphatic heterocycles. The van der Waals surface area contributed by atoms with Crippen molar-refractivity contribution in [3.8, 4) is 5.69 Å². The number of fused-ring (bicyclic) bond motifs is 1. The van der Waals surface area contributed by atoms with Gasteiger partial charge >= 0.3 is 6.03 Å². The summed E-state index contributed by atoms with van der Waals surface area (Å²) in [6.45, 7) is 1.98. The minimum atomic E-state index is -0.135. The molecule has 6 nitrogen and oxygen atoms in total. The fourth-order valence-corrected chi connectivity index (χ4v) is 3.64. The first-order valence-electron chi connectivity index (χ1n) is 9.30. The molecule has 0 fully saturated rings. The van der Waals surface area contributed by atoms with Crippen LogP contribution in [-0.2, 0) is 6.42 Å². The first-order chi connectivity index (χ1) is 13.2. The molecule has 4 rings (SSSR count). The topological polar surface area (TPSA) is 71.8 Å². The van der Waals surface area contributed by atoms with Crippen molar-refractivity contribution >= 4 is 6.03 Å². The zero-order valence-electron chi connectivity index (χ0n) is 15.3. The average molecular weight is 361 g/mol. The van der Waals surface area contributed by atoms with Gasteiger partial charge in [-0.3, -0.25) is 0 Å². The van der Waals surface area contributed by atoms with Crippen LogP contribution in [0.4, 0.5) is 4.79 Å². The third kappa shape index (κ3) is 3.84. The maximum Gasteiger partial charge on any atom is 0.315 e. The first-order valence-corrected chi connectivity index (χ1v) is 9.30. The highest BCUT2D eigenvalue weighted by molar-refractivity contribution is 5.75. The van der Waals surface area contributed by atoms with Gasteiger partial charge in [-0.1, -0.05) is 36.4 Å². The summed E-state index contributed by atoms with van der Waals surface area (Å²) in [7, 11) is 0. The minimum Gasteiger partial charge on any atom is -0.332 e. The van der Waals surface area contributed by atoms with E-state index in [2.05, 4.69) is 38.9 Å². The van der Waals surface area contributed by atoms with Crippen LogP contribution in [0.3, 0.4) is 0 Å². The fourth-order valence-electron chi connectivity index (χ4n) is 3.64. The second-order valence-electron chi connectivity index (χ2n) is 6.91. The fraction of sp³-hybridized carbons (Fsp3) is 0.286. The molecule has 1 aromatic heterocycles. The number of aryl methyl sites for hydroxylation is 1. The SMILES string of the molecule is CC(NC(=O)NC1CCCc2ccccc21)c1ccc(-n2cncn2)cc1. The van der Waals surface area contributed by atoms with E-state index in [1.54, 1.807) is 11.0 Å². The van der Waals surface area contributed by atoms with E-state index in [1.165, 1.54) is 17.5 Å². The highest BCUT2D eigenvalue weighted by Gasteiger charge is 2.22. The molecular weight excluding hydrogens is 338 g/mol. The van der Waals surface area contributed by atoms with Crippen LogP contribution in [0, 0.1) is 0 Å². The Morgan fingerprint density at radius 2 is 2.00 bits per heavy atom. The Labute approximate surface area is 158 Å². The van der Waals surface area contributed by atoms with Crippen LogP contribution in [0.1, 0.15) is 48.5 Å². The third-order valence-electron chi connectivity index (χ3n) is 5.10. The largest absolute Gasteiger partial charge is 0.332 e. The molecule has 0 bridgehead atoms. The van der Waals surface area contributed by atoms with Gasteiger partial charge in [-0.15, -0.1) is 0 Å². The maximum absolute atomic E-state index is 12.5. The Morgan fingerprint density at radius 3 is 2.78 bits per heavy atom. The molecule has 27 heavy (non-hydrogen) atoms. The number of aromatic nitrogens is 3. The quantitative estimate of drug-likeness (QED) is 0.744. The molecule has 6 heteroatoms. The van der Waals surface area contributed by atoms with E-state index in [4.69, 9.17) is 0 Å². The number of rotatable bonds is 4. The van der Waals surface area contributed by atoms with E-state index in [-0.39, 0.29) is 18.1 Å². The lowest BCUT2D eigenvalue weighted by Crippen LogP contribution is -2.40. The van der Waals surface area contributed by atoms with Gasteiger partial charge in [-0.2, -0.15) is 5.10 Å². The molecule has 1 aliphatic carbocycles. The summed E-state index contributed by atoms with van der Waals surface area (Å²) < 4.78 is 1.70. The van der Waals surface area contributed by atoms with E-state index in [9.17, 15) is 4.79 Å². The van der Waals surface area contributed by atoms with Crippen molar-refractivity contribution in [1.29, 1.82) is 0 Å². The lowest BCUT2D eigenvalue weighted by Gasteiger charge is -2.27. The molecule has 138 valence electrons. The molecular formula is C21H23N5O. The molecule has 2 unspecified atom stereocenters. The molecule has 2 amide bonds. The van der Waals surface area contributed by atoms with Gasteiger partial charge in [-0.05, 0) is 55.0 Å². The van der Waals surface area contributed by atoms with Gasteiger partial charge in [0.1, 0.15) is 12.7 Å². The zero-order valence-corrected chi connectivity index (χ0v) is 15.3. The maximum atomic E-state index is 12.5. The van der Waals surface area contributed by atoms with Crippen LogP contribution in [0.5, 0.6) is 0 Å². The van der Waals surface area contributed by atoms with Gasteiger partial charge in [0.15, 0.2) is 0 Å². The molecule has 3 aromatic rings. The monoisotopic (exact) mass is 361 g/mol. The Balaban J connectivity index is 1.38. The van der Waals surface area contributed by atoms with Gasteiger partial charge < -0.3 is 10.6 Å². The number of nitrogens with one attached hydrogen (secondary N) is 2. The minimum absolute atomic E-state index is 0.0804. The summed E-state index contributed by atoms with van der Waals surface area (Å²) in [5.74, 6) is 0. The predicted molar refractivity (Wildman–Crippen MR) is 104 cm³/mol. The highest BCUT2D eigenvalue weighted by atomic mass is 16.2. The van der Waals surface area contributed by atoms with Crippen molar-refractivity contribution in [2.45, 2.75) is 38.3 Å². The average Bonchev–Trinajstić information content (AvgIpc) is 3.23. The summed E-state index contributed by atoms with van der Waals surface area (Å²) >= 11 is 0. The van der Waals surface area contributed by atoms with Crippen LogP contribution in [0.15, 0.2) is 61.2 Å². The summed E-state index contributed by atoms with van der Waals surface area (Å²) in [6, 6.07) is 16.2. The molecule has 1 aliphatic rings. The highest BCUT2D eigenvalue weighted by Crippen LogP contribution is 2.29. The Hall–Kier alpha value is -3.15. The molecule has 2 N–H and O–H groups in total. The second-order valence-corrected chi connectivity index (χ2v) is 6.91. The molecule has 0 spiro atoms. The van der Waals surface area contributed by atoms with E-state index >= 15 is 0 Å². The number of carbonyl (C=O) groups excluding carboxylic acids is 1. The Bertz CT molecular complexity index is 905. The lowest BCUT2D eigenvalue weighted by molar-refractivity contribution is 0.232. The summed E-state index contributed by atoms with van der Waals surface area (Å²) in [5.41, 5.74) is 4.55. The van der Waals surface area contributed by atoms with Crippen molar-refractivity contribution in [1.82, 2.24) is 25.4 Å². The molecule has 0 radical (unpaired) electrons. The number of nitrogens with zero attached hydrogens (tertiary/aromatic N) is 3. The number of amides is 2. The zero-order chi connectivity index (χ0) is 18.6. The first kappa shape index (κ1) is 17.3. The van der Waals surface area contributed by atoms with Crippen molar-refractivity contribution in [3.05, 3.63) is 77.9 Å². The van der Waals surface area contributed by atoms with Gasteiger partial charge in [0.25, 0.3) is 0 Å². The van der Waals surface area contributed by atoms with Gasteiger partial charge in [0, 0.05) is 0 Å². The van der Waals surface area contributed by atoms with Crippen LogP contribution < -0.4 is 10.6 Å². The van der Waals surface area contributed by atoms with Crippen molar-refractivity contribution in [2.24, 2.45) is 0 Å². The second kappa shape index (κ2) is 7.61. The van der Waals surface area contributed by atoms with Gasteiger partial charge in [-0.25, -0.2) is 14.5 Å². The van der Waals surface area contributed by atoms with E-state index < -0.39 is 0 Å². The number of carbonyl (C=O) groups is 1. The van der Waals surface area contributed by atoms with Gasteiger partial charge in [0.05, 0.1) is 17.8 Å². The van der Waals surface area contributed by atoms with E-state index in [1.807, 2.05) is 37.3 Å². The summed E-state index contributed by atoms with van der Waals surface area (Å²) in [6.07, 6.45) is 6.33. The van der Waals surface area contributed by atoms with Crippen molar-refractivity contribution < 1.29 is 4.79 Å². The normalized spacial score (nSPS) is 17.0. The van der Waals surface area contributed by atoms with Crippen molar-refractivity contribution in [2.75, 3.05) is 0 Å². The number of hydrogen-bond donors (Lipinski definition) is 2. The van der Waals surface area contributed by atoms with Crippen LogP contribution >= 0.6 is 0 Å². The van der Waals surface area contributed by atoms with E-state index in [0.29, 0.717) is 0 Å². The molecule has 1 heterocycles. The van der Waals surface area contributed by atoms with Crippen molar-refractivity contribution in [3.63, 3.8) is 0 Å². The number of hydrogen-bond acceptors (Lipinski definition) is 3. The molecule has 0 saturated heterocycles. The van der Waals surface area contributed by atoms with Crippen LogP contribution in [0.25, 0.3) is 5.69 Å². The van der Waals surface area contributed by atoms with E-state index in [0.717, 1.165) is 30.5 Å². The predicted octanol–water partition coefficient (Wildman–Crippen LogP) is 3.71. The molecule has 2 atom stereocenters. The third-order valence-corrected chi connectivity index (χ3v) is 5.10. The van der Waals surface area contributed by atoms with Crippen LogP contribution in [0.2, 0.25) is 0 Å². The Kier molecular flexibility index (Phi) is 4.87. The lowest BCUT2D eigenvalue weighted by atomic mass is 9.88.